The van der Waals surface area contributed by atoms with Gasteiger partial charge in [0.15, 0.2) is 0 Å². The second-order valence-corrected chi connectivity index (χ2v) is 9.01. The first-order valence-corrected chi connectivity index (χ1v) is 10.3. The molecule has 7 nitrogen and oxygen atoms in total. The van der Waals surface area contributed by atoms with Gasteiger partial charge in [-0.1, -0.05) is 12.1 Å². The zero-order valence-electron chi connectivity index (χ0n) is 17.9. The van der Waals surface area contributed by atoms with E-state index in [2.05, 4.69) is 10.3 Å². The number of rotatable bonds is 2. The monoisotopic (exact) mass is 408 g/mol. The predicted molar refractivity (Wildman–Crippen MR) is 115 cm³/mol. The summed E-state index contributed by atoms with van der Waals surface area (Å²) in [7, 11) is 0. The van der Waals surface area contributed by atoms with Crippen LogP contribution in [0.2, 0.25) is 0 Å². The van der Waals surface area contributed by atoms with Crippen molar-refractivity contribution in [1.82, 2.24) is 14.8 Å². The van der Waals surface area contributed by atoms with Gasteiger partial charge < -0.3 is 19.9 Å². The van der Waals surface area contributed by atoms with Crippen molar-refractivity contribution in [2.24, 2.45) is 0 Å². The largest absolute Gasteiger partial charge is 0.444 e. The van der Waals surface area contributed by atoms with E-state index in [4.69, 9.17) is 4.74 Å². The smallest absolute Gasteiger partial charge is 0.410 e. The van der Waals surface area contributed by atoms with Gasteiger partial charge in [-0.05, 0) is 63.9 Å². The first-order valence-electron chi connectivity index (χ1n) is 10.3. The number of anilines is 1. The number of nitrogens with one attached hydrogen (secondary N) is 1. The minimum Gasteiger partial charge on any atom is -0.444 e. The molecule has 0 saturated carbocycles. The maximum absolute atomic E-state index is 12.9. The summed E-state index contributed by atoms with van der Waals surface area (Å²) in [6, 6.07) is 11.6. The maximum atomic E-state index is 12.9. The molecule has 1 aromatic heterocycles. The Morgan fingerprint density at radius 1 is 1.13 bits per heavy atom. The van der Waals surface area contributed by atoms with E-state index in [1.54, 1.807) is 11.1 Å². The van der Waals surface area contributed by atoms with Gasteiger partial charge in [-0.15, -0.1) is 0 Å². The minimum atomic E-state index is -0.521. The summed E-state index contributed by atoms with van der Waals surface area (Å²) in [6.07, 6.45) is 2.37. The van der Waals surface area contributed by atoms with Crippen molar-refractivity contribution in [3.63, 3.8) is 0 Å². The van der Waals surface area contributed by atoms with Crippen molar-refractivity contribution < 1.29 is 14.3 Å². The molecule has 2 aliphatic heterocycles. The zero-order valence-corrected chi connectivity index (χ0v) is 17.9. The van der Waals surface area contributed by atoms with Crippen LogP contribution in [0.3, 0.4) is 0 Å². The van der Waals surface area contributed by atoms with Crippen molar-refractivity contribution in [2.75, 3.05) is 18.4 Å². The Balaban J connectivity index is 1.41. The Morgan fingerprint density at radius 3 is 2.50 bits per heavy atom. The molecule has 2 fully saturated rings. The molecule has 158 valence electrons. The van der Waals surface area contributed by atoms with Crippen LogP contribution in [0.4, 0.5) is 15.3 Å². The fraction of sp³-hybridized carbons (Fsp3) is 0.435. The third-order valence-electron chi connectivity index (χ3n) is 5.51. The third kappa shape index (κ3) is 4.10. The number of carbonyl (C=O) groups excluding carboxylic acids is 2. The Kier molecular flexibility index (Phi) is 5.13. The number of piperidine rings is 1. The molecule has 2 unspecified atom stereocenters. The number of hydrogen-bond acceptors (Lipinski definition) is 4. The van der Waals surface area contributed by atoms with Gasteiger partial charge in [-0.2, -0.15) is 0 Å². The van der Waals surface area contributed by atoms with Gasteiger partial charge in [0, 0.05) is 30.5 Å². The summed E-state index contributed by atoms with van der Waals surface area (Å²) < 4.78 is 5.47. The highest BCUT2D eigenvalue weighted by molar-refractivity contribution is 5.91. The number of piperazine rings is 1. The first-order chi connectivity index (χ1) is 14.2. The highest BCUT2D eigenvalue weighted by atomic mass is 16.6. The number of likely N-dealkylation sites (tertiary alicyclic amines) is 2. The van der Waals surface area contributed by atoms with Gasteiger partial charge in [-0.25, -0.2) is 9.59 Å². The Morgan fingerprint density at radius 2 is 1.87 bits per heavy atom. The summed E-state index contributed by atoms with van der Waals surface area (Å²) in [5, 5.41) is 3.02. The summed E-state index contributed by atoms with van der Waals surface area (Å²) in [4.78, 5) is 33.2. The van der Waals surface area contributed by atoms with Crippen LogP contribution in [0.15, 0.2) is 42.6 Å². The number of nitrogens with zero attached hydrogens (tertiary/aromatic N) is 3. The van der Waals surface area contributed by atoms with Gasteiger partial charge in [0.05, 0.1) is 17.8 Å². The van der Waals surface area contributed by atoms with Crippen LogP contribution in [-0.4, -0.2) is 57.7 Å². The van der Waals surface area contributed by atoms with E-state index in [-0.39, 0.29) is 24.2 Å². The molecule has 0 radical (unpaired) electrons. The van der Waals surface area contributed by atoms with E-state index in [0.717, 1.165) is 28.9 Å². The lowest BCUT2D eigenvalue weighted by Crippen LogP contribution is -2.71. The van der Waals surface area contributed by atoms with E-state index >= 15 is 0 Å². The minimum absolute atomic E-state index is 0.0250. The van der Waals surface area contributed by atoms with Gasteiger partial charge >= 0.3 is 12.1 Å². The molecule has 1 N–H and O–H groups in total. The highest BCUT2D eigenvalue weighted by Gasteiger charge is 2.49. The molecule has 4 rings (SSSR count). The molecule has 1 aromatic carbocycles. The van der Waals surface area contributed by atoms with Crippen LogP contribution in [0.5, 0.6) is 0 Å². The van der Waals surface area contributed by atoms with Crippen LogP contribution >= 0.6 is 0 Å². The SMILES string of the molecule is Cc1ccc(NC(=O)N2C3CC2CN(C(=O)OC(C)(C)C)C3)cc1-c1ccccn1. The number of pyridine rings is 1. The summed E-state index contributed by atoms with van der Waals surface area (Å²) in [5.74, 6) is 0. The predicted octanol–water partition coefficient (Wildman–Crippen LogP) is 4.28. The Hall–Kier alpha value is -3.09. The molecular formula is C23H28N4O3. The molecular weight excluding hydrogens is 380 g/mol. The maximum Gasteiger partial charge on any atom is 0.410 e. The number of aryl methyl sites for hydroxylation is 1. The number of hydrogen-bond donors (Lipinski definition) is 1. The number of carbonyl (C=O) groups is 2. The average molecular weight is 409 g/mol. The van der Waals surface area contributed by atoms with Crippen molar-refractivity contribution >= 4 is 17.8 Å². The molecule has 2 aliphatic rings. The lowest BCUT2D eigenvalue weighted by molar-refractivity contribution is -0.0456. The van der Waals surface area contributed by atoms with E-state index < -0.39 is 5.60 Å². The molecule has 3 amide bonds. The first kappa shape index (κ1) is 20.2. The molecule has 2 saturated heterocycles. The van der Waals surface area contributed by atoms with Gasteiger partial charge in [0.1, 0.15) is 5.60 Å². The van der Waals surface area contributed by atoms with Crippen LogP contribution < -0.4 is 5.32 Å². The number of urea groups is 1. The summed E-state index contributed by atoms with van der Waals surface area (Å²) in [6.45, 7) is 8.61. The molecule has 0 spiro atoms. The van der Waals surface area contributed by atoms with E-state index in [1.165, 1.54) is 0 Å². The fourth-order valence-corrected chi connectivity index (χ4v) is 4.10. The Labute approximate surface area is 177 Å². The quantitative estimate of drug-likeness (QED) is 0.805. The molecule has 3 heterocycles. The lowest BCUT2D eigenvalue weighted by Gasteiger charge is -2.55. The standard InChI is InChI=1S/C23H28N4O3/c1-15-8-9-16(11-19(15)20-7-5-6-10-24-20)25-21(28)27-17-12-18(27)14-26(13-17)22(29)30-23(2,3)4/h5-11,17-18H,12-14H2,1-4H3,(H,25,28). The van der Waals surface area contributed by atoms with Gasteiger partial charge in [0.2, 0.25) is 0 Å². The van der Waals surface area contributed by atoms with Crippen molar-refractivity contribution in [2.45, 2.75) is 51.8 Å². The van der Waals surface area contributed by atoms with Crippen LogP contribution in [0.1, 0.15) is 32.8 Å². The third-order valence-corrected chi connectivity index (χ3v) is 5.51. The van der Waals surface area contributed by atoms with Crippen LogP contribution in [0.25, 0.3) is 11.3 Å². The average Bonchev–Trinajstić information content (AvgIpc) is 2.69. The highest BCUT2D eigenvalue weighted by Crippen LogP contribution is 2.34. The normalized spacial score (nSPS) is 20.4. The van der Waals surface area contributed by atoms with Crippen molar-refractivity contribution in [1.29, 1.82) is 0 Å². The molecule has 7 heteroatoms. The number of aromatic nitrogens is 1. The number of fused-ring (bicyclic) bond motifs is 2. The van der Waals surface area contributed by atoms with Crippen LogP contribution in [-0.2, 0) is 4.74 Å². The van der Waals surface area contributed by atoms with E-state index in [0.29, 0.717) is 13.1 Å². The fourth-order valence-electron chi connectivity index (χ4n) is 4.10. The molecule has 0 aliphatic carbocycles. The van der Waals surface area contributed by atoms with Crippen LogP contribution in [0, 0.1) is 6.92 Å². The topological polar surface area (TPSA) is 74.8 Å². The van der Waals surface area contributed by atoms with Crippen molar-refractivity contribution in [3.05, 3.63) is 48.2 Å². The number of ether oxygens (including phenoxy) is 1. The zero-order chi connectivity index (χ0) is 21.5. The van der Waals surface area contributed by atoms with Gasteiger partial charge in [0.25, 0.3) is 0 Å². The summed E-state index contributed by atoms with van der Waals surface area (Å²) in [5.41, 5.74) is 3.18. The second-order valence-electron chi connectivity index (χ2n) is 9.01. The van der Waals surface area contributed by atoms with E-state index in [1.807, 2.05) is 69.0 Å². The molecule has 2 atom stereocenters. The summed E-state index contributed by atoms with van der Waals surface area (Å²) >= 11 is 0. The van der Waals surface area contributed by atoms with E-state index in [9.17, 15) is 9.59 Å². The number of amides is 3. The van der Waals surface area contributed by atoms with Gasteiger partial charge in [-0.3, -0.25) is 4.98 Å². The lowest BCUT2D eigenvalue weighted by atomic mass is 9.88. The molecule has 2 bridgehead atoms. The number of benzene rings is 1. The molecule has 2 aromatic rings. The molecule has 30 heavy (non-hydrogen) atoms. The second kappa shape index (κ2) is 7.63. The van der Waals surface area contributed by atoms with Crippen molar-refractivity contribution in [3.8, 4) is 11.3 Å². The Bertz CT molecular complexity index is 943.